The van der Waals surface area contributed by atoms with E-state index in [1.807, 2.05) is 0 Å². The molecule has 0 aromatic rings. The zero-order valence-electron chi connectivity index (χ0n) is 6.37. The maximum Gasteiger partial charge on any atom is 0.334 e. The van der Waals surface area contributed by atoms with Crippen LogP contribution in [0, 0.1) is 0 Å². The van der Waals surface area contributed by atoms with Crippen molar-refractivity contribution in [3.8, 4) is 0 Å². The second kappa shape index (κ2) is 5.95. The van der Waals surface area contributed by atoms with E-state index in [1.54, 1.807) is 6.92 Å². The topological polar surface area (TPSA) is 52.3 Å². The Morgan fingerprint density at radius 1 is 1.73 bits per heavy atom. The summed E-state index contributed by atoms with van der Waals surface area (Å²) in [5.74, 6) is -0.493. The Bertz CT molecular complexity index is 168. The molecule has 0 aromatic heterocycles. The van der Waals surface area contributed by atoms with Crippen LogP contribution >= 0.6 is 12.4 Å². The molecule has 1 unspecified atom stereocenters. The van der Waals surface area contributed by atoms with E-state index in [-0.39, 0.29) is 12.4 Å². The highest BCUT2D eigenvalue weighted by atomic mass is 35.5. The molecule has 4 heteroatoms. The highest BCUT2D eigenvalue weighted by molar-refractivity contribution is 5.87. The fourth-order valence-corrected chi connectivity index (χ4v) is 0.272. The number of nitrogens with two attached hydrogens (primary N) is 1. The molecule has 2 N–H and O–H groups in total. The van der Waals surface area contributed by atoms with E-state index in [1.165, 1.54) is 6.08 Å². The lowest BCUT2D eigenvalue weighted by Gasteiger charge is -2.06. The largest absolute Gasteiger partial charge is 0.440 e. The van der Waals surface area contributed by atoms with Crippen molar-refractivity contribution in [2.45, 2.75) is 13.2 Å². The zero-order chi connectivity index (χ0) is 8.15. The third kappa shape index (κ3) is 5.63. The van der Waals surface area contributed by atoms with E-state index in [2.05, 4.69) is 17.9 Å². The molecule has 0 saturated heterocycles. The molecule has 11 heavy (non-hydrogen) atoms. The van der Waals surface area contributed by atoms with E-state index in [0.29, 0.717) is 5.57 Å². The van der Waals surface area contributed by atoms with Gasteiger partial charge in [0.1, 0.15) is 0 Å². The third-order valence-corrected chi connectivity index (χ3v) is 0.824. The molecular formula is C7H12ClNO2. The molecular weight excluding hydrogens is 166 g/mol. The van der Waals surface area contributed by atoms with E-state index >= 15 is 0 Å². The van der Waals surface area contributed by atoms with Crippen LogP contribution in [0.5, 0.6) is 0 Å². The summed E-state index contributed by atoms with van der Waals surface area (Å²) < 4.78 is 4.58. The molecule has 0 saturated carbocycles. The first-order valence-corrected chi connectivity index (χ1v) is 2.82. The summed E-state index contributed by atoms with van der Waals surface area (Å²) in [5.41, 5.74) is 5.54. The first-order valence-electron chi connectivity index (χ1n) is 2.82. The van der Waals surface area contributed by atoms with Gasteiger partial charge in [-0.2, -0.15) is 0 Å². The second-order valence-corrected chi connectivity index (χ2v) is 1.89. The van der Waals surface area contributed by atoms with Gasteiger partial charge in [0.2, 0.25) is 0 Å². The molecule has 0 aliphatic rings. The van der Waals surface area contributed by atoms with Gasteiger partial charge in [-0.15, -0.1) is 12.4 Å². The van der Waals surface area contributed by atoms with E-state index < -0.39 is 12.2 Å². The predicted molar refractivity (Wildman–Crippen MR) is 46.3 cm³/mol. The summed E-state index contributed by atoms with van der Waals surface area (Å²) in [6, 6.07) is 0. The molecule has 0 amide bonds. The van der Waals surface area contributed by atoms with E-state index in [9.17, 15) is 4.79 Å². The summed E-state index contributed by atoms with van der Waals surface area (Å²) in [6.07, 6.45) is 0.602. The Labute approximate surface area is 72.3 Å². The fraction of sp³-hybridized carbons (Fsp3) is 0.286. The van der Waals surface area contributed by atoms with Gasteiger partial charge in [0.05, 0.1) is 0 Å². The predicted octanol–water partition coefficient (Wildman–Crippen LogP) is 0.998. The lowest BCUT2D eigenvalue weighted by Crippen LogP contribution is -2.24. The van der Waals surface area contributed by atoms with Crippen LogP contribution < -0.4 is 5.73 Å². The van der Waals surface area contributed by atoms with Crippen LogP contribution in [0.15, 0.2) is 24.8 Å². The van der Waals surface area contributed by atoms with Gasteiger partial charge in [-0.1, -0.05) is 13.2 Å². The molecule has 0 aliphatic heterocycles. The van der Waals surface area contributed by atoms with Crippen molar-refractivity contribution in [2.75, 3.05) is 0 Å². The summed E-state index contributed by atoms with van der Waals surface area (Å²) in [6.45, 7) is 8.27. The Hall–Kier alpha value is -0.800. The number of carbonyl (C=O) groups excluding carboxylic acids is 1. The average molecular weight is 178 g/mol. The van der Waals surface area contributed by atoms with Gasteiger partial charge in [-0.05, 0) is 13.0 Å². The van der Waals surface area contributed by atoms with Crippen molar-refractivity contribution in [2.24, 2.45) is 5.73 Å². The maximum absolute atomic E-state index is 10.7. The number of hydrogen-bond donors (Lipinski definition) is 1. The smallest absolute Gasteiger partial charge is 0.334 e. The van der Waals surface area contributed by atoms with Gasteiger partial charge < -0.3 is 4.74 Å². The van der Waals surface area contributed by atoms with Crippen molar-refractivity contribution in [3.05, 3.63) is 24.8 Å². The van der Waals surface area contributed by atoms with Crippen LogP contribution in [-0.4, -0.2) is 12.2 Å². The zero-order valence-corrected chi connectivity index (χ0v) is 7.19. The maximum atomic E-state index is 10.7. The molecule has 0 rings (SSSR count). The van der Waals surface area contributed by atoms with Crippen LogP contribution in [0.3, 0.4) is 0 Å². The molecule has 0 spiro atoms. The van der Waals surface area contributed by atoms with Gasteiger partial charge >= 0.3 is 5.97 Å². The third-order valence-electron chi connectivity index (χ3n) is 0.824. The molecule has 0 heterocycles. The van der Waals surface area contributed by atoms with Gasteiger partial charge in [-0.25, -0.2) is 4.79 Å². The number of ether oxygens (including phenoxy) is 1. The van der Waals surface area contributed by atoms with Crippen molar-refractivity contribution in [1.29, 1.82) is 0 Å². The molecule has 3 nitrogen and oxygen atoms in total. The SMILES string of the molecule is C=CC(N)OC(=O)C(=C)C.Cl. The lowest BCUT2D eigenvalue weighted by atomic mass is 10.4. The van der Waals surface area contributed by atoms with Crippen LogP contribution in [0.4, 0.5) is 0 Å². The number of halogens is 1. The minimum absolute atomic E-state index is 0. The Balaban J connectivity index is 0. The van der Waals surface area contributed by atoms with Gasteiger partial charge in [-0.3, -0.25) is 5.73 Å². The number of esters is 1. The normalized spacial score (nSPS) is 10.7. The monoisotopic (exact) mass is 177 g/mol. The molecule has 0 fully saturated rings. The summed E-state index contributed by atoms with van der Waals surface area (Å²) in [4.78, 5) is 10.7. The Morgan fingerprint density at radius 3 is 2.45 bits per heavy atom. The highest BCUT2D eigenvalue weighted by Crippen LogP contribution is 1.94. The minimum Gasteiger partial charge on any atom is -0.440 e. The lowest BCUT2D eigenvalue weighted by molar-refractivity contribution is -0.141. The minimum atomic E-state index is -0.732. The molecule has 64 valence electrons. The van der Waals surface area contributed by atoms with Crippen molar-refractivity contribution in [1.82, 2.24) is 0 Å². The fourth-order valence-electron chi connectivity index (χ4n) is 0.272. The first kappa shape index (κ1) is 12.8. The number of hydrogen-bond acceptors (Lipinski definition) is 3. The quantitative estimate of drug-likeness (QED) is 0.303. The van der Waals surface area contributed by atoms with Gasteiger partial charge in [0.25, 0.3) is 0 Å². The van der Waals surface area contributed by atoms with Crippen LogP contribution in [0.2, 0.25) is 0 Å². The second-order valence-electron chi connectivity index (χ2n) is 1.89. The van der Waals surface area contributed by atoms with Crippen molar-refractivity contribution >= 4 is 18.4 Å². The highest BCUT2D eigenvalue weighted by Gasteiger charge is 2.05. The van der Waals surface area contributed by atoms with Gasteiger partial charge in [0, 0.05) is 5.57 Å². The molecule has 0 aromatic carbocycles. The summed E-state index contributed by atoms with van der Waals surface area (Å²) >= 11 is 0. The van der Waals surface area contributed by atoms with Crippen LogP contribution in [0.25, 0.3) is 0 Å². The van der Waals surface area contributed by atoms with Crippen molar-refractivity contribution in [3.63, 3.8) is 0 Å². The van der Waals surface area contributed by atoms with Crippen molar-refractivity contribution < 1.29 is 9.53 Å². The molecule has 1 atom stereocenters. The molecule has 0 radical (unpaired) electrons. The summed E-state index contributed by atoms with van der Waals surface area (Å²) in [7, 11) is 0. The van der Waals surface area contributed by atoms with E-state index in [0.717, 1.165) is 0 Å². The standard InChI is InChI=1S/C7H11NO2.ClH/c1-4-6(8)10-7(9)5(2)3;/h4,6H,1-2,8H2,3H3;1H. The number of carbonyl (C=O) groups is 1. The first-order chi connectivity index (χ1) is 4.57. The van der Waals surface area contributed by atoms with Crippen LogP contribution in [0.1, 0.15) is 6.92 Å². The average Bonchev–Trinajstić information content (AvgIpc) is 1.87. The summed E-state index contributed by atoms with van der Waals surface area (Å²) in [5, 5.41) is 0. The Kier molecular flexibility index (Phi) is 6.94. The molecule has 0 aliphatic carbocycles. The van der Waals surface area contributed by atoms with E-state index in [4.69, 9.17) is 5.73 Å². The molecule has 0 bridgehead atoms. The van der Waals surface area contributed by atoms with Crippen LogP contribution in [-0.2, 0) is 9.53 Å². The number of rotatable bonds is 3. The van der Waals surface area contributed by atoms with Gasteiger partial charge in [0.15, 0.2) is 6.23 Å². The Morgan fingerprint density at radius 2 is 2.18 bits per heavy atom.